The van der Waals surface area contributed by atoms with E-state index in [1.54, 1.807) is 53.7 Å². The molecule has 0 saturated carbocycles. The quantitative estimate of drug-likeness (QED) is 0.263. The first-order valence-corrected chi connectivity index (χ1v) is 15.5. The summed E-state index contributed by atoms with van der Waals surface area (Å²) in [5.41, 5.74) is 1.52. The predicted octanol–water partition coefficient (Wildman–Crippen LogP) is 5.70. The average Bonchev–Trinajstić information content (AvgIpc) is 2.95. The summed E-state index contributed by atoms with van der Waals surface area (Å²) in [7, 11) is 1.52. The highest BCUT2D eigenvalue weighted by atomic mass is 16.6. The topological polar surface area (TPSA) is 114 Å². The van der Waals surface area contributed by atoms with Crippen LogP contribution in [0.15, 0.2) is 84.9 Å². The van der Waals surface area contributed by atoms with Crippen LogP contribution in [0.25, 0.3) is 0 Å². The Morgan fingerprint density at radius 1 is 0.696 bits per heavy atom. The number of hydrogen-bond donors (Lipinski definition) is 2. The Morgan fingerprint density at radius 3 is 1.72 bits per heavy atom. The van der Waals surface area contributed by atoms with Crippen LogP contribution in [0.2, 0.25) is 0 Å². The number of rotatable bonds is 11. The maximum atomic E-state index is 14.2. The zero-order valence-electron chi connectivity index (χ0n) is 28.1. The molecule has 0 spiro atoms. The molecule has 0 fully saturated rings. The molecule has 9 heteroatoms. The van der Waals surface area contributed by atoms with Gasteiger partial charge in [0.05, 0.1) is 0 Å². The summed E-state index contributed by atoms with van der Waals surface area (Å²) in [6.45, 7) is 12.4. The first kappa shape index (κ1) is 35.8. The third kappa shape index (κ3) is 11.4. The van der Waals surface area contributed by atoms with Gasteiger partial charge in [-0.25, -0.2) is 9.59 Å². The van der Waals surface area contributed by atoms with Gasteiger partial charge < -0.3 is 25.0 Å². The molecule has 3 atom stereocenters. The lowest BCUT2D eigenvalue weighted by Gasteiger charge is -2.33. The summed E-state index contributed by atoms with van der Waals surface area (Å²) in [5, 5.41) is 5.60. The van der Waals surface area contributed by atoms with Crippen molar-refractivity contribution in [3.05, 3.63) is 107 Å². The number of likely N-dealkylation sites (N-methyl/N-ethyl adjacent to an activating group) is 1. The fourth-order valence-corrected chi connectivity index (χ4v) is 4.93. The molecule has 0 radical (unpaired) electrons. The zero-order chi connectivity index (χ0) is 34.1. The second-order valence-electron chi connectivity index (χ2n) is 13.4. The Morgan fingerprint density at radius 2 is 1.22 bits per heavy atom. The number of hydrogen-bond acceptors (Lipinski definition) is 6. The molecule has 9 nitrogen and oxygen atoms in total. The van der Waals surface area contributed by atoms with Crippen LogP contribution in [0.5, 0.6) is 0 Å². The Balaban J connectivity index is 1.99. The van der Waals surface area contributed by atoms with E-state index < -0.39 is 53.2 Å². The van der Waals surface area contributed by atoms with Gasteiger partial charge in [0.1, 0.15) is 29.3 Å². The Labute approximate surface area is 272 Å². The van der Waals surface area contributed by atoms with Crippen molar-refractivity contribution < 1.29 is 28.7 Å². The van der Waals surface area contributed by atoms with Gasteiger partial charge in [-0.05, 0) is 65.2 Å². The molecule has 3 rings (SSSR count). The van der Waals surface area contributed by atoms with Crippen LogP contribution in [-0.2, 0) is 36.7 Å². The van der Waals surface area contributed by atoms with E-state index in [2.05, 4.69) is 10.6 Å². The molecule has 0 aliphatic carbocycles. The number of esters is 1. The third-order valence-electron chi connectivity index (χ3n) is 6.90. The van der Waals surface area contributed by atoms with Crippen molar-refractivity contribution in [1.82, 2.24) is 15.5 Å². The second kappa shape index (κ2) is 15.6. The van der Waals surface area contributed by atoms with Crippen LogP contribution in [0.3, 0.4) is 0 Å². The molecule has 0 aromatic heterocycles. The van der Waals surface area contributed by atoms with E-state index >= 15 is 0 Å². The van der Waals surface area contributed by atoms with E-state index in [9.17, 15) is 19.2 Å². The summed E-state index contributed by atoms with van der Waals surface area (Å²) in [4.78, 5) is 56.0. The highest BCUT2D eigenvalue weighted by Gasteiger charge is 2.36. The van der Waals surface area contributed by atoms with Crippen LogP contribution >= 0.6 is 0 Å². The minimum atomic E-state index is -1.13. The SMILES string of the molecule is Cc1cccc(C(C(=O)NC(Cc2ccccc2)C(=O)OC(C)(C)C)N(C)C(=O)C(Cc2ccccc2)NC(=O)OC(C)(C)C)c1. The van der Waals surface area contributed by atoms with Crippen LogP contribution in [0, 0.1) is 6.92 Å². The summed E-state index contributed by atoms with van der Waals surface area (Å²) < 4.78 is 11.1. The monoisotopic (exact) mass is 629 g/mol. The van der Waals surface area contributed by atoms with Gasteiger partial charge in [0, 0.05) is 19.9 Å². The van der Waals surface area contributed by atoms with Gasteiger partial charge >= 0.3 is 12.1 Å². The highest BCUT2D eigenvalue weighted by Crippen LogP contribution is 2.24. The molecule has 46 heavy (non-hydrogen) atoms. The van der Waals surface area contributed by atoms with Gasteiger partial charge in [0.25, 0.3) is 0 Å². The lowest BCUT2D eigenvalue weighted by Crippen LogP contribution is -2.54. The van der Waals surface area contributed by atoms with E-state index in [0.29, 0.717) is 5.56 Å². The van der Waals surface area contributed by atoms with Crippen molar-refractivity contribution >= 4 is 23.9 Å². The summed E-state index contributed by atoms with van der Waals surface area (Å²) >= 11 is 0. The van der Waals surface area contributed by atoms with Gasteiger partial charge in [-0.2, -0.15) is 0 Å². The first-order valence-electron chi connectivity index (χ1n) is 15.5. The van der Waals surface area contributed by atoms with Gasteiger partial charge in [-0.15, -0.1) is 0 Å². The molecule has 0 aliphatic rings. The van der Waals surface area contributed by atoms with Gasteiger partial charge in [-0.3, -0.25) is 9.59 Å². The minimum Gasteiger partial charge on any atom is -0.458 e. The number of nitrogens with zero attached hydrogens (tertiary/aromatic N) is 1. The maximum Gasteiger partial charge on any atom is 0.408 e. The number of aryl methyl sites for hydroxylation is 1. The van der Waals surface area contributed by atoms with Gasteiger partial charge in [0.2, 0.25) is 11.8 Å². The number of amides is 3. The molecule has 2 N–H and O–H groups in total. The van der Waals surface area contributed by atoms with E-state index in [-0.39, 0.29) is 12.8 Å². The van der Waals surface area contributed by atoms with Crippen LogP contribution in [0.4, 0.5) is 4.79 Å². The standard InChI is InChI=1S/C37H47N3O6/c1-25-16-15-21-28(22-25)31(32(41)38-30(34(43)45-36(2,3)4)24-27-19-13-10-14-20-27)40(8)33(42)29(23-26-17-11-9-12-18-26)39-35(44)46-37(5,6)7/h9-22,29-31H,23-24H2,1-8H3,(H,38,41)(H,39,44). The fourth-order valence-electron chi connectivity index (χ4n) is 4.93. The average molecular weight is 630 g/mol. The number of benzene rings is 3. The molecular formula is C37H47N3O6. The number of nitrogens with one attached hydrogen (secondary N) is 2. The van der Waals surface area contributed by atoms with E-state index in [4.69, 9.17) is 9.47 Å². The molecule has 3 amide bonds. The lowest BCUT2D eigenvalue weighted by molar-refractivity contribution is -0.159. The molecule has 0 heterocycles. The Kier molecular flexibility index (Phi) is 12.1. The van der Waals surface area contributed by atoms with Crippen molar-refractivity contribution in [2.45, 2.75) is 90.6 Å². The number of ether oxygens (including phenoxy) is 2. The molecule has 3 unspecified atom stereocenters. The number of carbonyl (C=O) groups excluding carboxylic acids is 4. The fraction of sp³-hybridized carbons (Fsp3) is 0.405. The first-order chi connectivity index (χ1) is 21.5. The smallest absolute Gasteiger partial charge is 0.408 e. The minimum absolute atomic E-state index is 0.167. The number of alkyl carbamates (subject to hydrolysis) is 1. The highest BCUT2D eigenvalue weighted by molar-refractivity contribution is 5.94. The van der Waals surface area contributed by atoms with Crippen LogP contribution in [0.1, 0.15) is 69.8 Å². The van der Waals surface area contributed by atoms with Crippen molar-refractivity contribution in [1.29, 1.82) is 0 Å². The molecular weight excluding hydrogens is 582 g/mol. The van der Waals surface area contributed by atoms with Crippen molar-refractivity contribution in [3.8, 4) is 0 Å². The number of carbonyl (C=O) groups is 4. The van der Waals surface area contributed by atoms with E-state index in [1.165, 1.54) is 11.9 Å². The van der Waals surface area contributed by atoms with Crippen molar-refractivity contribution in [2.24, 2.45) is 0 Å². The largest absolute Gasteiger partial charge is 0.458 e. The molecule has 0 aliphatic heterocycles. The zero-order valence-corrected chi connectivity index (χ0v) is 28.1. The van der Waals surface area contributed by atoms with Crippen LogP contribution < -0.4 is 10.6 Å². The van der Waals surface area contributed by atoms with Crippen LogP contribution in [-0.4, -0.2) is 59.1 Å². The van der Waals surface area contributed by atoms with E-state index in [0.717, 1.165) is 16.7 Å². The predicted molar refractivity (Wildman–Crippen MR) is 178 cm³/mol. The molecule has 0 bridgehead atoms. The molecule has 3 aromatic rings. The van der Waals surface area contributed by atoms with Gasteiger partial charge in [0.15, 0.2) is 0 Å². The molecule has 3 aromatic carbocycles. The van der Waals surface area contributed by atoms with Gasteiger partial charge in [-0.1, -0.05) is 90.5 Å². The van der Waals surface area contributed by atoms with Crippen molar-refractivity contribution in [3.63, 3.8) is 0 Å². The third-order valence-corrected chi connectivity index (χ3v) is 6.90. The normalized spacial score (nSPS) is 13.5. The molecule has 246 valence electrons. The maximum absolute atomic E-state index is 14.2. The Bertz CT molecular complexity index is 1480. The summed E-state index contributed by atoms with van der Waals surface area (Å²) in [6, 6.07) is 22.7. The molecule has 0 saturated heterocycles. The summed E-state index contributed by atoms with van der Waals surface area (Å²) in [5.74, 6) is -1.66. The summed E-state index contributed by atoms with van der Waals surface area (Å²) in [6.07, 6.45) is -0.393. The second-order valence-corrected chi connectivity index (χ2v) is 13.4. The Hall–Kier alpha value is -4.66. The van der Waals surface area contributed by atoms with E-state index in [1.807, 2.05) is 79.7 Å². The van der Waals surface area contributed by atoms with Crippen molar-refractivity contribution in [2.75, 3.05) is 7.05 Å². The lowest BCUT2D eigenvalue weighted by atomic mass is 9.99.